The van der Waals surface area contributed by atoms with Gasteiger partial charge in [-0.1, -0.05) is 6.07 Å². The molecular formula is C15H17N4. The van der Waals surface area contributed by atoms with Gasteiger partial charge in [-0.05, 0) is 31.3 Å². The Kier molecular flexibility index (Phi) is 3.42. The number of benzene rings is 1. The van der Waals surface area contributed by atoms with Gasteiger partial charge in [-0.3, -0.25) is 0 Å². The number of aromatic nitrogens is 2. The third-order valence-corrected chi connectivity index (χ3v) is 3.49. The van der Waals surface area contributed by atoms with Crippen LogP contribution in [0.2, 0.25) is 0 Å². The maximum atomic E-state index is 4.35. The summed E-state index contributed by atoms with van der Waals surface area (Å²) < 4.78 is 0. The lowest BCUT2D eigenvalue weighted by molar-refractivity contribution is 0.313. The second kappa shape index (κ2) is 5.36. The van der Waals surface area contributed by atoms with Gasteiger partial charge in [-0.15, -0.1) is 0 Å². The monoisotopic (exact) mass is 253 g/mol. The molecule has 1 saturated heterocycles. The largest absolute Gasteiger partial charge is 0.368 e. The predicted molar refractivity (Wildman–Crippen MR) is 76.0 cm³/mol. The molecule has 1 aromatic carbocycles. The van der Waals surface area contributed by atoms with Gasteiger partial charge in [0.1, 0.15) is 0 Å². The van der Waals surface area contributed by atoms with Crippen molar-refractivity contribution in [2.24, 2.45) is 0 Å². The summed E-state index contributed by atoms with van der Waals surface area (Å²) in [5.41, 5.74) is 2.27. The first-order valence-corrected chi connectivity index (χ1v) is 6.55. The number of hydrogen-bond donors (Lipinski definition) is 0. The van der Waals surface area contributed by atoms with Gasteiger partial charge >= 0.3 is 0 Å². The molecule has 0 bridgehead atoms. The minimum absolute atomic E-state index is 0.772. The highest BCUT2D eigenvalue weighted by Gasteiger charge is 2.18. The van der Waals surface area contributed by atoms with E-state index in [0.29, 0.717) is 0 Å². The summed E-state index contributed by atoms with van der Waals surface area (Å²) >= 11 is 0. The molecule has 2 aromatic rings. The van der Waals surface area contributed by atoms with E-state index < -0.39 is 0 Å². The van der Waals surface area contributed by atoms with Crippen molar-refractivity contribution in [3.8, 4) is 11.4 Å². The lowest BCUT2D eigenvalue weighted by Crippen LogP contribution is -2.44. The molecule has 1 aliphatic rings. The van der Waals surface area contributed by atoms with Crippen molar-refractivity contribution in [3.05, 3.63) is 42.7 Å². The van der Waals surface area contributed by atoms with Gasteiger partial charge in [0.05, 0.1) is 0 Å². The van der Waals surface area contributed by atoms with Crippen LogP contribution in [0.5, 0.6) is 0 Å². The Labute approximate surface area is 113 Å². The Morgan fingerprint density at radius 1 is 1.11 bits per heavy atom. The Balaban J connectivity index is 1.94. The van der Waals surface area contributed by atoms with Gasteiger partial charge in [0, 0.05) is 49.8 Å². The van der Waals surface area contributed by atoms with Gasteiger partial charge in [-0.25, -0.2) is 9.97 Å². The number of anilines is 1. The zero-order valence-corrected chi connectivity index (χ0v) is 11.1. The molecule has 0 N–H and O–H groups in total. The van der Waals surface area contributed by atoms with Crippen LogP contribution in [0.25, 0.3) is 11.4 Å². The molecule has 1 fully saturated rings. The molecule has 0 spiro atoms. The maximum Gasteiger partial charge on any atom is 0.161 e. The lowest BCUT2D eigenvalue weighted by atomic mass is 10.1. The fourth-order valence-corrected chi connectivity index (χ4v) is 2.36. The molecule has 0 atom stereocenters. The van der Waals surface area contributed by atoms with E-state index in [0.717, 1.165) is 37.6 Å². The van der Waals surface area contributed by atoms with E-state index in [1.54, 1.807) is 12.4 Å². The van der Waals surface area contributed by atoms with Crippen LogP contribution in [-0.4, -0.2) is 48.1 Å². The Morgan fingerprint density at radius 3 is 2.58 bits per heavy atom. The Bertz CT molecular complexity index is 533. The van der Waals surface area contributed by atoms with E-state index in [2.05, 4.69) is 38.9 Å². The molecule has 4 nitrogen and oxygen atoms in total. The first-order valence-electron chi connectivity index (χ1n) is 6.55. The van der Waals surface area contributed by atoms with Gasteiger partial charge in [0.2, 0.25) is 0 Å². The minimum atomic E-state index is 0.772. The molecule has 1 aliphatic heterocycles. The predicted octanol–water partition coefficient (Wildman–Crippen LogP) is 1.70. The van der Waals surface area contributed by atoms with E-state index in [4.69, 9.17) is 0 Å². The summed E-state index contributed by atoms with van der Waals surface area (Å²) in [7, 11) is 2.16. The summed E-state index contributed by atoms with van der Waals surface area (Å²) in [6.07, 6.45) is 3.56. The average Bonchev–Trinajstić information content (AvgIpc) is 2.49. The van der Waals surface area contributed by atoms with Crippen LogP contribution >= 0.6 is 0 Å². The van der Waals surface area contributed by atoms with Crippen LogP contribution in [0.1, 0.15) is 0 Å². The molecule has 19 heavy (non-hydrogen) atoms. The fourth-order valence-electron chi connectivity index (χ4n) is 2.36. The molecule has 3 rings (SSSR count). The minimum Gasteiger partial charge on any atom is -0.368 e. The molecule has 0 amide bonds. The molecule has 2 heterocycles. The molecule has 97 valence electrons. The standard InChI is InChI=1S/C15H17N4/c1-18-9-11-19(12-10-18)14-6-3-2-5-13(14)15-16-7-4-8-17-15/h3-8H,9-12H2,1H3. The molecule has 1 aromatic heterocycles. The van der Waals surface area contributed by atoms with Gasteiger partial charge in [-0.2, -0.15) is 0 Å². The third kappa shape index (κ3) is 2.58. The van der Waals surface area contributed by atoms with Crippen LogP contribution in [0.3, 0.4) is 0 Å². The number of piperazine rings is 1. The summed E-state index contributed by atoms with van der Waals surface area (Å²) in [5.74, 6) is 0.772. The first-order chi connectivity index (χ1) is 9.34. The van der Waals surface area contributed by atoms with Gasteiger partial charge in [0.15, 0.2) is 5.82 Å². The summed E-state index contributed by atoms with van der Waals surface area (Å²) in [6.45, 7) is 4.27. The van der Waals surface area contributed by atoms with Crippen molar-refractivity contribution < 1.29 is 0 Å². The Morgan fingerprint density at radius 2 is 1.84 bits per heavy atom. The van der Waals surface area contributed by atoms with E-state index in [-0.39, 0.29) is 0 Å². The topological polar surface area (TPSA) is 32.3 Å². The maximum absolute atomic E-state index is 4.35. The summed E-state index contributed by atoms with van der Waals surface area (Å²) in [5, 5.41) is 0. The van der Waals surface area contributed by atoms with E-state index in [1.807, 2.05) is 18.2 Å². The van der Waals surface area contributed by atoms with E-state index >= 15 is 0 Å². The lowest BCUT2D eigenvalue weighted by Gasteiger charge is -2.34. The second-order valence-electron chi connectivity index (χ2n) is 4.81. The van der Waals surface area contributed by atoms with Crippen molar-refractivity contribution in [1.82, 2.24) is 14.9 Å². The van der Waals surface area contributed by atoms with Crippen LogP contribution < -0.4 is 4.90 Å². The average molecular weight is 253 g/mol. The van der Waals surface area contributed by atoms with E-state index in [9.17, 15) is 0 Å². The molecule has 1 radical (unpaired) electrons. The second-order valence-corrected chi connectivity index (χ2v) is 4.81. The van der Waals surface area contributed by atoms with Crippen molar-refractivity contribution >= 4 is 5.69 Å². The molecule has 0 unspecified atom stereocenters. The third-order valence-electron chi connectivity index (χ3n) is 3.49. The normalized spacial score (nSPS) is 16.6. The quantitative estimate of drug-likeness (QED) is 0.815. The highest BCUT2D eigenvalue weighted by atomic mass is 15.2. The summed E-state index contributed by atoms with van der Waals surface area (Å²) in [6, 6.07) is 11.0. The smallest absolute Gasteiger partial charge is 0.161 e. The number of hydrogen-bond acceptors (Lipinski definition) is 4. The molecular weight excluding hydrogens is 236 g/mol. The SMILES string of the molecule is CN1CCN(c2cc[c]cc2-c2ncccn2)CC1. The van der Waals surface area contributed by atoms with Crippen LogP contribution in [0, 0.1) is 6.07 Å². The van der Waals surface area contributed by atoms with E-state index in [1.165, 1.54) is 5.69 Å². The first kappa shape index (κ1) is 12.1. The van der Waals surface area contributed by atoms with Crippen molar-refractivity contribution in [2.75, 3.05) is 38.1 Å². The Hall–Kier alpha value is -1.94. The van der Waals surface area contributed by atoms with Crippen molar-refractivity contribution in [3.63, 3.8) is 0 Å². The highest BCUT2D eigenvalue weighted by Crippen LogP contribution is 2.28. The van der Waals surface area contributed by atoms with Crippen LogP contribution in [0.15, 0.2) is 36.7 Å². The number of rotatable bonds is 2. The molecule has 4 heteroatoms. The summed E-state index contributed by atoms with van der Waals surface area (Å²) in [4.78, 5) is 13.5. The van der Waals surface area contributed by atoms with Gasteiger partial charge < -0.3 is 9.80 Å². The zero-order valence-electron chi connectivity index (χ0n) is 11.1. The highest BCUT2D eigenvalue weighted by molar-refractivity contribution is 5.74. The zero-order chi connectivity index (χ0) is 13.1. The fraction of sp³-hybridized carbons (Fsp3) is 0.333. The van der Waals surface area contributed by atoms with Crippen LogP contribution in [0.4, 0.5) is 5.69 Å². The molecule has 0 aliphatic carbocycles. The van der Waals surface area contributed by atoms with Gasteiger partial charge in [0.25, 0.3) is 0 Å². The molecule has 0 saturated carbocycles. The van der Waals surface area contributed by atoms with Crippen molar-refractivity contribution in [1.29, 1.82) is 0 Å². The van der Waals surface area contributed by atoms with Crippen LogP contribution in [-0.2, 0) is 0 Å². The number of likely N-dealkylation sites (N-methyl/N-ethyl adjacent to an activating group) is 1. The number of nitrogens with zero attached hydrogens (tertiary/aromatic N) is 4. The van der Waals surface area contributed by atoms with Crippen molar-refractivity contribution in [2.45, 2.75) is 0 Å².